The average Bonchev–Trinajstić information content (AvgIpc) is 3.22. The van der Waals surface area contributed by atoms with Crippen LogP contribution in [0.1, 0.15) is 67.1 Å². The fourth-order valence-electron chi connectivity index (χ4n) is 3.81. The maximum Gasteiger partial charge on any atom is 0.261 e. The van der Waals surface area contributed by atoms with Gasteiger partial charge in [0.05, 0.1) is 9.58 Å². The second kappa shape index (κ2) is 5.48. The van der Waals surface area contributed by atoms with Crippen LogP contribution in [0.15, 0.2) is 18.5 Å². The number of nitrogens with zero attached hydrogens (tertiary/aromatic N) is 1. The van der Waals surface area contributed by atoms with Crippen molar-refractivity contribution in [3.05, 3.63) is 23.3 Å². The van der Waals surface area contributed by atoms with Crippen molar-refractivity contribution in [3.63, 3.8) is 0 Å². The molecule has 0 unspecified atom stereocenters. The van der Waals surface area contributed by atoms with Gasteiger partial charge in [-0.2, -0.15) is 0 Å². The van der Waals surface area contributed by atoms with Gasteiger partial charge in [-0.05, 0) is 31.7 Å². The lowest BCUT2D eigenvalue weighted by Gasteiger charge is -2.11. The zero-order valence-electron chi connectivity index (χ0n) is 12.3. The van der Waals surface area contributed by atoms with Crippen molar-refractivity contribution in [1.82, 2.24) is 9.88 Å². The van der Waals surface area contributed by atoms with Crippen LogP contribution < -0.4 is 5.32 Å². The topological polar surface area (TPSA) is 34.0 Å². The van der Waals surface area contributed by atoms with Gasteiger partial charge >= 0.3 is 0 Å². The predicted octanol–water partition coefficient (Wildman–Crippen LogP) is 4.49. The lowest BCUT2D eigenvalue weighted by Crippen LogP contribution is -2.31. The van der Waals surface area contributed by atoms with Crippen LogP contribution in [-0.4, -0.2) is 16.5 Å². The molecule has 2 aromatic heterocycles. The highest BCUT2D eigenvalue weighted by molar-refractivity contribution is 7.20. The summed E-state index contributed by atoms with van der Waals surface area (Å²) in [6, 6.07) is 3.15. The number of fused-ring (bicyclic) bond motifs is 1. The molecule has 2 saturated carbocycles. The molecule has 0 spiro atoms. The molecule has 0 atom stereocenters. The molecule has 3 nitrogen and oxygen atoms in total. The lowest BCUT2D eigenvalue weighted by molar-refractivity contribution is 0.0942. The van der Waals surface area contributed by atoms with Crippen molar-refractivity contribution in [1.29, 1.82) is 0 Å². The Bertz CT molecular complexity index is 613. The predicted molar refractivity (Wildman–Crippen MR) is 87.0 cm³/mol. The number of nitrogens with one attached hydrogen (secondary N) is 1. The van der Waals surface area contributed by atoms with Crippen LogP contribution in [0.4, 0.5) is 0 Å². The quantitative estimate of drug-likeness (QED) is 0.890. The monoisotopic (exact) mass is 302 g/mol. The van der Waals surface area contributed by atoms with Crippen molar-refractivity contribution in [2.75, 3.05) is 0 Å². The first-order chi connectivity index (χ1) is 10.3. The number of amides is 1. The summed E-state index contributed by atoms with van der Waals surface area (Å²) in [5, 5.41) is 4.41. The minimum atomic E-state index is 0.121. The van der Waals surface area contributed by atoms with E-state index < -0.39 is 0 Å². The zero-order valence-corrected chi connectivity index (χ0v) is 13.1. The van der Waals surface area contributed by atoms with Gasteiger partial charge in [0, 0.05) is 29.9 Å². The molecule has 112 valence electrons. The van der Waals surface area contributed by atoms with Gasteiger partial charge in [0.1, 0.15) is 0 Å². The van der Waals surface area contributed by atoms with Crippen LogP contribution >= 0.6 is 11.3 Å². The van der Waals surface area contributed by atoms with E-state index in [2.05, 4.69) is 28.3 Å². The van der Waals surface area contributed by atoms with Gasteiger partial charge < -0.3 is 9.88 Å². The van der Waals surface area contributed by atoms with Crippen LogP contribution in [0.2, 0.25) is 0 Å². The Balaban J connectivity index is 1.51. The van der Waals surface area contributed by atoms with Crippen LogP contribution in [0.25, 0.3) is 10.1 Å². The number of rotatable bonds is 3. The highest BCUT2D eigenvalue weighted by Gasteiger charge is 2.21. The first kappa shape index (κ1) is 13.4. The molecule has 0 aromatic carbocycles. The summed E-state index contributed by atoms with van der Waals surface area (Å²) in [6.07, 6.45) is 14.6. The Kier molecular flexibility index (Phi) is 3.49. The molecule has 21 heavy (non-hydrogen) atoms. The normalized spacial score (nSPS) is 20.6. The molecular formula is C17H22N2OS. The van der Waals surface area contributed by atoms with E-state index in [0.29, 0.717) is 12.1 Å². The Morgan fingerprint density at radius 1 is 1.10 bits per heavy atom. The molecule has 2 aliphatic carbocycles. The van der Waals surface area contributed by atoms with Gasteiger partial charge in [-0.15, -0.1) is 11.3 Å². The second-order valence-corrected chi connectivity index (χ2v) is 7.61. The molecule has 1 amide bonds. The lowest BCUT2D eigenvalue weighted by atomic mass is 10.2. The number of thiophene rings is 1. The molecule has 2 aromatic rings. The molecule has 4 rings (SSSR count). The second-order valence-electron chi connectivity index (χ2n) is 6.53. The fourth-order valence-corrected chi connectivity index (χ4v) is 4.78. The Hall–Kier alpha value is -1.29. The van der Waals surface area contributed by atoms with Crippen molar-refractivity contribution in [2.24, 2.45) is 0 Å². The van der Waals surface area contributed by atoms with E-state index >= 15 is 0 Å². The maximum absolute atomic E-state index is 12.3. The summed E-state index contributed by atoms with van der Waals surface area (Å²) in [5.74, 6) is 0.121. The largest absolute Gasteiger partial charge is 0.349 e. The number of carbonyl (C=O) groups excluding carboxylic acids is 1. The van der Waals surface area contributed by atoms with E-state index in [-0.39, 0.29) is 5.91 Å². The van der Waals surface area contributed by atoms with Crippen molar-refractivity contribution < 1.29 is 4.79 Å². The fraction of sp³-hybridized carbons (Fsp3) is 0.588. The Morgan fingerprint density at radius 3 is 2.52 bits per heavy atom. The van der Waals surface area contributed by atoms with Crippen molar-refractivity contribution in [3.8, 4) is 0 Å². The molecule has 0 saturated heterocycles. The Labute approximate surface area is 129 Å². The van der Waals surface area contributed by atoms with Gasteiger partial charge in [-0.3, -0.25) is 4.79 Å². The third-order valence-corrected chi connectivity index (χ3v) is 6.09. The number of aromatic nitrogens is 1. The molecule has 2 heterocycles. The first-order valence-corrected chi connectivity index (χ1v) is 9.03. The van der Waals surface area contributed by atoms with Crippen molar-refractivity contribution in [2.45, 2.75) is 63.5 Å². The van der Waals surface area contributed by atoms with E-state index in [1.807, 2.05) is 0 Å². The van der Waals surface area contributed by atoms with Gasteiger partial charge in [-0.25, -0.2) is 0 Å². The average molecular weight is 302 g/mol. The van der Waals surface area contributed by atoms with Crippen LogP contribution in [0.5, 0.6) is 0 Å². The molecule has 0 bridgehead atoms. The molecule has 2 fully saturated rings. The molecule has 1 N–H and O–H groups in total. The molecule has 2 aliphatic rings. The SMILES string of the molecule is O=C(NC1CCCC1)c1cc2cn(C3CCCC3)cc2s1. The third kappa shape index (κ3) is 2.61. The standard InChI is InChI=1S/C17H22N2OS/c20-17(18-13-5-1-2-6-13)15-9-12-10-19(11-16(12)21-15)14-7-3-4-8-14/h9-11,13-14H,1-8H2,(H,18,20). The highest BCUT2D eigenvalue weighted by atomic mass is 32.1. The summed E-state index contributed by atoms with van der Waals surface area (Å²) < 4.78 is 3.62. The number of hydrogen-bond donors (Lipinski definition) is 1. The first-order valence-electron chi connectivity index (χ1n) is 8.21. The van der Waals surface area contributed by atoms with Gasteiger partial charge in [0.25, 0.3) is 5.91 Å². The van der Waals surface area contributed by atoms with Crippen LogP contribution in [-0.2, 0) is 0 Å². The maximum atomic E-state index is 12.3. The summed E-state index contributed by atoms with van der Waals surface area (Å²) in [6.45, 7) is 0. The van der Waals surface area contributed by atoms with Gasteiger partial charge in [0.2, 0.25) is 0 Å². The third-order valence-electron chi connectivity index (χ3n) is 5.01. The van der Waals surface area contributed by atoms with Gasteiger partial charge in [0.15, 0.2) is 0 Å². The number of carbonyl (C=O) groups is 1. The number of hydrogen-bond acceptors (Lipinski definition) is 2. The van der Waals surface area contributed by atoms with E-state index in [4.69, 9.17) is 0 Å². The van der Waals surface area contributed by atoms with E-state index in [1.165, 1.54) is 48.6 Å². The van der Waals surface area contributed by atoms with Crippen LogP contribution in [0, 0.1) is 0 Å². The smallest absolute Gasteiger partial charge is 0.261 e. The molecule has 0 aliphatic heterocycles. The summed E-state index contributed by atoms with van der Waals surface area (Å²) in [4.78, 5) is 13.2. The molecule has 0 radical (unpaired) electrons. The highest BCUT2D eigenvalue weighted by Crippen LogP contribution is 2.34. The van der Waals surface area contributed by atoms with E-state index in [1.54, 1.807) is 11.3 Å². The Morgan fingerprint density at radius 2 is 1.81 bits per heavy atom. The summed E-state index contributed by atoms with van der Waals surface area (Å²) in [5.41, 5.74) is 0. The van der Waals surface area contributed by atoms with Gasteiger partial charge in [-0.1, -0.05) is 25.7 Å². The summed E-state index contributed by atoms with van der Waals surface area (Å²) >= 11 is 1.64. The van der Waals surface area contributed by atoms with E-state index in [9.17, 15) is 4.79 Å². The minimum Gasteiger partial charge on any atom is -0.349 e. The van der Waals surface area contributed by atoms with Crippen LogP contribution in [0.3, 0.4) is 0 Å². The summed E-state index contributed by atoms with van der Waals surface area (Å²) in [7, 11) is 0. The van der Waals surface area contributed by atoms with Crippen molar-refractivity contribution >= 4 is 27.3 Å². The molecular weight excluding hydrogens is 280 g/mol. The van der Waals surface area contributed by atoms with E-state index in [0.717, 1.165) is 17.7 Å². The minimum absolute atomic E-state index is 0.121. The zero-order chi connectivity index (χ0) is 14.2. The molecule has 4 heteroatoms.